The zero-order valence-electron chi connectivity index (χ0n) is 19.6. The predicted molar refractivity (Wildman–Crippen MR) is 144 cm³/mol. The van der Waals surface area contributed by atoms with Gasteiger partial charge in [-0.15, -0.1) is 40.1 Å². The van der Waals surface area contributed by atoms with Crippen LogP contribution in [0.5, 0.6) is 0 Å². The van der Waals surface area contributed by atoms with Gasteiger partial charge in [-0.1, -0.05) is 83.3 Å². The van der Waals surface area contributed by atoms with Gasteiger partial charge < -0.3 is 0 Å². The monoisotopic (exact) mass is 558 g/mol. The van der Waals surface area contributed by atoms with Crippen molar-refractivity contribution in [1.82, 2.24) is 0 Å². The molecule has 0 atom stereocenters. The van der Waals surface area contributed by atoms with Crippen LogP contribution in [0.4, 0.5) is 0 Å². The summed E-state index contributed by atoms with van der Waals surface area (Å²) in [5.41, 5.74) is 12.2. The SMILES string of the molecule is Cc1cc(C)cc(-c2cccc3[cH-]c(C)cc23)c1.[Cl][Zr+2][Cl].[c-]1cccc2c1Cc1ccccc1-2. The maximum Gasteiger partial charge on any atom is -0.0253 e. The molecule has 0 bridgehead atoms. The van der Waals surface area contributed by atoms with Gasteiger partial charge in [-0.3, -0.25) is 0 Å². The molecule has 34 heavy (non-hydrogen) atoms. The predicted octanol–water partition coefficient (Wildman–Crippen LogP) is 9.59. The van der Waals surface area contributed by atoms with Gasteiger partial charge in [-0.25, -0.2) is 0 Å². The Morgan fingerprint density at radius 3 is 2.21 bits per heavy atom. The van der Waals surface area contributed by atoms with Crippen molar-refractivity contribution in [3.8, 4) is 22.3 Å². The molecule has 0 nitrogen and oxygen atoms in total. The van der Waals surface area contributed by atoms with Crippen LogP contribution in [0.2, 0.25) is 0 Å². The average molecular weight is 561 g/mol. The summed E-state index contributed by atoms with van der Waals surface area (Å²) in [4.78, 5) is 0. The average Bonchev–Trinajstić information content (AvgIpc) is 3.38. The van der Waals surface area contributed by atoms with E-state index in [0.717, 1.165) is 6.42 Å². The summed E-state index contributed by atoms with van der Waals surface area (Å²) >= 11 is -0.826. The van der Waals surface area contributed by atoms with E-state index in [4.69, 9.17) is 17.0 Å². The second-order valence-electron chi connectivity index (χ2n) is 8.69. The molecule has 0 saturated carbocycles. The maximum absolute atomic E-state index is 4.93. The summed E-state index contributed by atoms with van der Waals surface area (Å²) in [6, 6.07) is 36.0. The molecule has 5 aromatic rings. The Labute approximate surface area is 221 Å². The first-order valence-corrected chi connectivity index (χ1v) is 17.6. The fourth-order valence-corrected chi connectivity index (χ4v) is 4.76. The Morgan fingerprint density at radius 2 is 1.44 bits per heavy atom. The van der Waals surface area contributed by atoms with Gasteiger partial charge in [0.25, 0.3) is 0 Å². The maximum atomic E-state index is 4.93. The smallest absolute Gasteiger partial charge is 0.0253 e. The first kappa shape index (κ1) is 25.1. The molecule has 1 aliphatic rings. The van der Waals surface area contributed by atoms with Crippen molar-refractivity contribution in [2.45, 2.75) is 27.2 Å². The van der Waals surface area contributed by atoms with Crippen LogP contribution in [0.25, 0.3) is 33.0 Å². The fourth-order valence-electron chi connectivity index (χ4n) is 4.76. The third-order valence-electron chi connectivity index (χ3n) is 6.04. The Kier molecular flexibility index (Phi) is 8.54. The van der Waals surface area contributed by atoms with Crippen molar-refractivity contribution in [3.05, 3.63) is 125 Å². The van der Waals surface area contributed by atoms with Crippen LogP contribution >= 0.6 is 17.0 Å². The van der Waals surface area contributed by atoms with Crippen molar-refractivity contribution in [1.29, 1.82) is 0 Å². The second-order valence-corrected chi connectivity index (χ2v) is 12.4. The molecule has 0 saturated heterocycles. The molecule has 3 heteroatoms. The molecule has 0 aliphatic heterocycles. The molecule has 0 unspecified atom stereocenters. The van der Waals surface area contributed by atoms with Gasteiger partial charge in [0.2, 0.25) is 0 Å². The van der Waals surface area contributed by atoms with Crippen LogP contribution in [-0.4, -0.2) is 0 Å². The molecule has 0 aromatic heterocycles. The summed E-state index contributed by atoms with van der Waals surface area (Å²) in [6.07, 6.45) is 1.05. The topological polar surface area (TPSA) is 0 Å². The van der Waals surface area contributed by atoms with Crippen molar-refractivity contribution >= 4 is 27.8 Å². The zero-order valence-corrected chi connectivity index (χ0v) is 23.6. The molecule has 0 heterocycles. The van der Waals surface area contributed by atoms with Crippen LogP contribution in [0.3, 0.4) is 0 Å². The number of benzene rings is 4. The molecule has 0 N–H and O–H groups in total. The zero-order chi connectivity index (χ0) is 24.1. The third kappa shape index (κ3) is 5.77. The second kappa shape index (κ2) is 11.6. The summed E-state index contributed by atoms with van der Waals surface area (Å²) in [5.74, 6) is 0. The van der Waals surface area contributed by atoms with E-state index in [1.54, 1.807) is 0 Å². The van der Waals surface area contributed by atoms with Crippen LogP contribution in [0, 0.1) is 26.8 Å². The number of hydrogen-bond donors (Lipinski definition) is 0. The van der Waals surface area contributed by atoms with Gasteiger partial charge >= 0.3 is 37.9 Å². The van der Waals surface area contributed by atoms with Crippen LogP contribution < -0.4 is 0 Å². The van der Waals surface area contributed by atoms with Crippen molar-refractivity contribution in [2.24, 2.45) is 0 Å². The van der Waals surface area contributed by atoms with E-state index < -0.39 is 20.8 Å². The van der Waals surface area contributed by atoms with Crippen molar-refractivity contribution < 1.29 is 20.8 Å². The van der Waals surface area contributed by atoms with Crippen LogP contribution in [-0.2, 0) is 27.3 Å². The normalized spacial score (nSPS) is 10.9. The van der Waals surface area contributed by atoms with Crippen molar-refractivity contribution in [2.75, 3.05) is 0 Å². The van der Waals surface area contributed by atoms with E-state index in [0.29, 0.717) is 0 Å². The van der Waals surface area contributed by atoms with Gasteiger partial charge in [-0.05, 0) is 25.8 Å². The quantitative estimate of drug-likeness (QED) is 0.176. The van der Waals surface area contributed by atoms with E-state index in [9.17, 15) is 0 Å². The molecule has 0 amide bonds. The standard InChI is InChI=1S/C18H17.C13H9.2ClH.Zr/c1-12-7-13(2)10-16(9-12)17-6-4-5-15-8-14(3)11-18(15)17;1-3-7-12-10(5-1)9-11-6-2-4-8-13(11)12;;;/h4-11H,1-3H3;1-5,7-8H,9H2;2*1H;/q2*-1;;;+4/p-2. The molecular weight excluding hydrogens is 534 g/mol. The molecule has 0 radical (unpaired) electrons. The van der Waals surface area contributed by atoms with Gasteiger partial charge in [0.1, 0.15) is 0 Å². The molecule has 6 rings (SSSR count). The molecule has 168 valence electrons. The first-order valence-electron chi connectivity index (χ1n) is 11.3. The summed E-state index contributed by atoms with van der Waals surface area (Å²) in [5, 5.41) is 2.70. The van der Waals surface area contributed by atoms with E-state index in [1.165, 1.54) is 60.8 Å². The van der Waals surface area contributed by atoms with Gasteiger partial charge in [0.05, 0.1) is 0 Å². The van der Waals surface area contributed by atoms with Crippen LogP contribution in [0.15, 0.2) is 91.0 Å². The van der Waals surface area contributed by atoms with Crippen molar-refractivity contribution in [3.63, 3.8) is 0 Å². The summed E-state index contributed by atoms with van der Waals surface area (Å²) < 4.78 is 0. The largest absolute Gasteiger partial charge is 0.179 e. The Bertz CT molecular complexity index is 1350. The molecule has 0 spiro atoms. The number of halogens is 2. The van der Waals surface area contributed by atoms with E-state index in [-0.39, 0.29) is 0 Å². The molecule has 1 aliphatic carbocycles. The minimum Gasteiger partial charge on any atom is -0.179 e. The fraction of sp³-hybridized carbons (Fsp3) is 0.129. The van der Waals surface area contributed by atoms with Gasteiger partial charge in [0.15, 0.2) is 0 Å². The Balaban J connectivity index is 0.000000150. The van der Waals surface area contributed by atoms with Crippen LogP contribution in [0.1, 0.15) is 27.8 Å². The number of rotatable bonds is 1. The minimum absolute atomic E-state index is 0.826. The molecule has 0 fully saturated rings. The molecular formula is C31H26Cl2Zr. The third-order valence-corrected chi connectivity index (χ3v) is 6.04. The van der Waals surface area contributed by atoms with E-state index >= 15 is 0 Å². The number of aryl methyl sites for hydroxylation is 3. The number of hydrogen-bond acceptors (Lipinski definition) is 0. The van der Waals surface area contributed by atoms with Gasteiger partial charge in [0, 0.05) is 0 Å². The van der Waals surface area contributed by atoms with E-state index in [1.807, 2.05) is 6.07 Å². The number of fused-ring (bicyclic) bond motifs is 4. The first-order chi connectivity index (χ1) is 16.5. The minimum atomic E-state index is -0.826. The van der Waals surface area contributed by atoms with E-state index in [2.05, 4.69) is 112 Å². The molecule has 5 aromatic carbocycles. The Morgan fingerprint density at radius 1 is 0.765 bits per heavy atom. The van der Waals surface area contributed by atoms with Gasteiger partial charge in [-0.2, -0.15) is 35.9 Å². The Hall–Kier alpha value is -2.05. The summed E-state index contributed by atoms with van der Waals surface area (Å²) in [7, 11) is 9.87. The summed E-state index contributed by atoms with van der Waals surface area (Å²) in [6.45, 7) is 6.48.